The number of hydrogen-bond acceptors (Lipinski definition) is 6. The van der Waals surface area contributed by atoms with Crippen LogP contribution < -0.4 is 5.32 Å². The minimum atomic E-state index is 0.308. The van der Waals surface area contributed by atoms with Crippen molar-refractivity contribution < 1.29 is 4.52 Å². The molecule has 6 heteroatoms. The zero-order chi connectivity index (χ0) is 13.7. The molecule has 108 valence electrons. The molecule has 2 heterocycles. The van der Waals surface area contributed by atoms with Gasteiger partial charge in [0.1, 0.15) is 0 Å². The predicted octanol–water partition coefficient (Wildman–Crippen LogP) is 1.72. The van der Waals surface area contributed by atoms with Gasteiger partial charge >= 0.3 is 0 Å². The summed E-state index contributed by atoms with van der Waals surface area (Å²) in [4.78, 5) is 6.87. The minimum Gasteiger partial charge on any atom is -0.339 e. The summed E-state index contributed by atoms with van der Waals surface area (Å²) in [5.74, 6) is 3.87. The molecule has 1 saturated heterocycles. The van der Waals surface area contributed by atoms with Crippen LogP contribution in [0.5, 0.6) is 0 Å². The van der Waals surface area contributed by atoms with E-state index in [-0.39, 0.29) is 0 Å². The molecule has 0 spiro atoms. The molecule has 1 fully saturated rings. The highest BCUT2D eigenvalue weighted by Crippen LogP contribution is 2.26. The second-order valence-electron chi connectivity index (χ2n) is 5.12. The number of nitrogens with one attached hydrogen (secondary N) is 1. The molecule has 2 unspecified atom stereocenters. The first-order valence-electron chi connectivity index (χ1n) is 7.04. The Morgan fingerprint density at radius 3 is 3.16 bits per heavy atom. The average Bonchev–Trinajstić information content (AvgIpc) is 2.86. The van der Waals surface area contributed by atoms with E-state index in [0.717, 1.165) is 43.4 Å². The quantitative estimate of drug-likeness (QED) is 0.858. The van der Waals surface area contributed by atoms with E-state index in [2.05, 4.69) is 41.3 Å². The predicted molar refractivity (Wildman–Crippen MR) is 78.5 cm³/mol. The smallest absolute Gasteiger partial charge is 0.226 e. The number of rotatable bonds is 6. The molecule has 0 saturated carbocycles. The average molecular weight is 284 g/mol. The van der Waals surface area contributed by atoms with Gasteiger partial charge in [-0.2, -0.15) is 16.7 Å². The molecule has 19 heavy (non-hydrogen) atoms. The first-order chi connectivity index (χ1) is 9.20. The monoisotopic (exact) mass is 284 g/mol. The Kier molecular flexibility index (Phi) is 5.66. The van der Waals surface area contributed by atoms with Gasteiger partial charge < -0.3 is 9.84 Å². The maximum atomic E-state index is 5.37. The number of nitrogens with zero attached hydrogens (tertiary/aromatic N) is 3. The first-order valence-corrected chi connectivity index (χ1v) is 8.20. The van der Waals surface area contributed by atoms with Gasteiger partial charge in [0.25, 0.3) is 0 Å². The van der Waals surface area contributed by atoms with Gasteiger partial charge in [-0.3, -0.25) is 4.90 Å². The Labute approximate surface area is 119 Å². The van der Waals surface area contributed by atoms with E-state index in [9.17, 15) is 0 Å². The van der Waals surface area contributed by atoms with E-state index in [1.165, 1.54) is 5.75 Å². The molecule has 1 aromatic rings. The summed E-state index contributed by atoms with van der Waals surface area (Å²) in [5.41, 5.74) is 0. The fourth-order valence-electron chi connectivity index (χ4n) is 2.25. The summed E-state index contributed by atoms with van der Waals surface area (Å²) in [6.07, 6.45) is 1.88. The molecule has 1 aliphatic rings. The largest absolute Gasteiger partial charge is 0.339 e. The highest BCUT2D eigenvalue weighted by molar-refractivity contribution is 7.99. The molecule has 1 aliphatic heterocycles. The molecule has 0 bridgehead atoms. The van der Waals surface area contributed by atoms with E-state index in [1.807, 2.05) is 11.8 Å². The lowest BCUT2D eigenvalue weighted by atomic mass is 10.2. The fraction of sp³-hybridized carbons (Fsp3) is 0.846. The van der Waals surface area contributed by atoms with Gasteiger partial charge in [0.2, 0.25) is 5.89 Å². The lowest BCUT2D eigenvalue weighted by Gasteiger charge is -2.29. The summed E-state index contributed by atoms with van der Waals surface area (Å²) >= 11 is 1.96. The molecular formula is C13H24N4OS. The van der Waals surface area contributed by atoms with Crippen LogP contribution >= 0.6 is 11.8 Å². The van der Waals surface area contributed by atoms with Crippen LogP contribution in [0.1, 0.15) is 38.0 Å². The number of hydrogen-bond donors (Lipinski definition) is 1. The van der Waals surface area contributed by atoms with Crippen molar-refractivity contribution in [3.8, 4) is 0 Å². The zero-order valence-corrected chi connectivity index (χ0v) is 12.9. The second-order valence-corrected chi connectivity index (χ2v) is 6.26. The molecule has 0 aromatic carbocycles. The summed E-state index contributed by atoms with van der Waals surface area (Å²) in [6, 6.07) is 0.802. The molecule has 2 rings (SSSR count). The van der Waals surface area contributed by atoms with E-state index in [1.54, 1.807) is 0 Å². The van der Waals surface area contributed by atoms with Crippen molar-refractivity contribution in [3.63, 3.8) is 0 Å². The van der Waals surface area contributed by atoms with Gasteiger partial charge in [0.05, 0.1) is 6.04 Å². The Morgan fingerprint density at radius 2 is 2.42 bits per heavy atom. The molecule has 1 aromatic heterocycles. The molecule has 0 amide bonds. The minimum absolute atomic E-state index is 0.308. The van der Waals surface area contributed by atoms with Gasteiger partial charge in [-0.1, -0.05) is 12.1 Å². The van der Waals surface area contributed by atoms with Crippen LogP contribution in [0.3, 0.4) is 0 Å². The normalized spacial score (nSPS) is 22.6. The van der Waals surface area contributed by atoms with E-state index in [0.29, 0.717) is 12.1 Å². The molecule has 0 radical (unpaired) electrons. The molecule has 5 nitrogen and oxygen atoms in total. The van der Waals surface area contributed by atoms with Gasteiger partial charge in [0, 0.05) is 30.5 Å². The molecule has 1 N–H and O–H groups in total. The SMILES string of the molecule is CCNC(C)CCc1nc(C2CSCCN2C)no1. The molecular weight excluding hydrogens is 260 g/mol. The maximum Gasteiger partial charge on any atom is 0.226 e. The second kappa shape index (κ2) is 7.26. The Morgan fingerprint density at radius 1 is 1.58 bits per heavy atom. The molecule has 0 aliphatic carbocycles. The van der Waals surface area contributed by atoms with Crippen molar-refractivity contribution in [3.05, 3.63) is 11.7 Å². The van der Waals surface area contributed by atoms with Gasteiger partial charge in [0.15, 0.2) is 5.82 Å². The van der Waals surface area contributed by atoms with Crippen LogP contribution in [-0.4, -0.2) is 52.7 Å². The van der Waals surface area contributed by atoms with Crippen LogP contribution in [0.2, 0.25) is 0 Å². The van der Waals surface area contributed by atoms with Crippen molar-refractivity contribution in [1.82, 2.24) is 20.4 Å². The fourth-order valence-corrected chi connectivity index (χ4v) is 3.46. The Bertz CT molecular complexity index is 384. The summed E-state index contributed by atoms with van der Waals surface area (Å²) in [7, 11) is 2.13. The summed E-state index contributed by atoms with van der Waals surface area (Å²) in [5, 5.41) is 7.54. The first kappa shape index (κ1) is 14.8. The lowest BCUT2D eigenvalue weighted by molar-refractivity contribution is 0.256. The van der Waals surface area contributed by atoms with Gasteiger partial charge in [-0.15, -0.1) is 0 Å². The number of thioether (sulfide) groups is 1. The van der Waals surface area contributed by atoms with E-state index in [4.69, 9.17) is 4.52 Å². The lowest BCUT2D eigenvalue weighted by Crippen LogP contribution is -2.33. The van der Waals surface area contributed by atoms with Crippen LogP contribution in [0, 0.1) is 0 Å². The summed E-state index contributed by atoms with van der Waals surface area (Å²) in [6.45, 7) is 6.40. The standard InChI is InChI=1S/C13H24N4OS/c1-4-14-10(2)5-6-12-15-13(16-18-12)11-9-19-8-7-17(11)3/h10-11,14H,4-9H2,1-3H3. The topological polar surface area (TPSA) is 54.2 Å². The molecule has 2 atom stereocenters. The third kappa shape index (κ3) is 4.19. The highest BCUT2D eigenvalue weighted by Gasteiger charge is 2.25. The maximum absolute atomic E-state index is 5.37. The van der Waals surface area contributed by atoms with Crippen LogP contribution in [-0.2, 0) is 6.42 Å². The van der Waals surface area contributed by atoms with E-state index >= 15 is 0 Å². The van der Waals surface area contributed by atoms with Crippen LogP contribution in [0.4, 0.5) is 0 Å². The number of aryl methyl sites for hydroxylation is 1. The van der Waals surface area contributed by atoms with Crippen molar-refractivity contribution in [2.24, 2.45) is 0 Å². The highest BCUT2D eigenvalue weighted by atomic mass is 32.2. The van der Waals surface area contributed by atoms with Crippen LogP contribution in [0.25, 0.3) is 0 Å². The summed E-state index contributed by atoms with van der Waals surface area (Å²) < 4.78 is 5.37. The Hall–Kier alpha value is -0.590. The third-order valence-electron chi connectivity index (χ3n) is 3.52. The van der Waals surface area contributed by atoms with Crippen LogP contribution in [0.15, 0.2) is 4.52 Å². The van der Waals surface area contributed by atoms with Gasteiger partial charge in [-0.25, -0.2) is 0 Å². The van der Waals surface area contributed by atoms with Crippen molar-refractivity contribution in [2.75, 3.05) is 31.6 Å². The Balaban J connectivity index is 1.87. The van der Waals surface area contributed by atoms with Gasteiger partial charge in [-0.05, 0) is 26.9 Å². The van der Waals surface area contributed by atoms with Crippen molar-refractivity contribution >= 4 is 11.8 Å². The zero-order valence-electron chi connectivity index (χ0n) is 12.1. The number of aromatic nitrogens is 2. The van der Waals surface area contributed by atoms with Crippen molar-refractivity contribution in [2.45, 2.75) is 38.8 Å². The van der Waals surface area contributed by atoms with E-state index < -0.39 is 0 Å². The third-order valence-corrected chi connectivity index (χ3v) is 4.54. The van der Waals surface area contributed by atoms with Crippen molar-refractivity contribution in [1.29, 1.82) is 0 Å².